The summed E-state index contributed by atoms with van der Waals surface area (Å²) in [5.41, 5.74) is 0.285. The van der Waals surface area contributed by atoms with Crippen molar-refractivity contribution in [3.8, 4) is 0 Å². The van der Waals surface area contributed by atoms with Gasteiger partial charge in [-0.2, -0.15) is 0 Å². The van der Waals surface area contributed by atoms with E-state index in [0.717, 1.165) is 11.6 Å². The first-order valence-electron chi connectivity index (χ1n) is 6.96. The molecule has 128 valence electrons. The molecule has 9 heteroatoms. The predicted molar refractivity (Wildman–Crippen MR) is 92.9 cm³/mol. The Balaban J connectivity index is 2.34. The first-order valence-corrected chi connectivity index (χ1v) is 9.20. The summed E-state index contributed by atoms with van der Waals surface area (Å²) in [6.45, 7) is 1.83. The van der Waals surface area contributed by atoms with Gasteiger partial charge in [-0.1, -0.05) is 42.3 Å². The van der Waals surface area contributed by atoms with Crippen LogP contribution in [0.1, 0.15) is 24.9 Å². The third kappa shape index (κ3) is 4.24. The second-order valence-electron chi connectivity index (χ2n) is 5.00. The lowest BCUT2D eigenvalue weighted by atomic mass is 10.1. The van der Waals surface area contributed by atoms with E-state index in [1.54, 1.807) is 24.3 Å². The van der Waals surface area contributed by atoms with Gasteiger partial charge < -0.3 is 0 Å². The molecule has 2 rings (SSSR count). The first-order chi connectivity index (χ1) is 11.2. The van der Waals surface area contributed by atoms with Crippen LogP contribution in [-0.4, -0.2) is 13.3 Å². The third-order valence-electron chi connectivity index (χ3n) is 3.40. The van der Waals surface area contributed by atoms with Crippen molar-refractivity contribution < 1.29 is 13.3 Å². The van der Waals surface area contributed by atoms with E-state index < -0.39 is 26.7 Å². The maximum Gasteiger partial charge on any atom is 0.289 e. The standard InChI is InChI=1S/C15H14Cl2N2O4S/c1-2-14(10-3-5-11(16)6-4-10)18-24(22,23)12-7-8-13(17)15(9-12)19(20)21/h3-9,14,18H,2H2,1H3/t14-/m0/s1. The topological polar surface area (TPSA) is 89.3 Å². The van der Waals surface area contributed by atoms with E-state index in [0.29, 0.717) is 11.4 Å². The minimum absolute atomic E-state index is 0.122. The summed E-state index contributed by atoms with van der Waals surface area (Å²) in [5.74, 6) is 0. The van der Waals surface area contributed by atoms with Crippen LogP contribution in [0.25, 0.3) is 0 Å². The molecule has 0 unspecified atom stereocenters. The van der Waals surface area contributed by atoms with Gasteiger partial charge in [0.1, 0.15) is 5.02 Å². The molecule has 1 atom stereocenters. The van der Waals surface area contributed by atoms with Crippen LogP contribution in [0.2, 0.25) is 10.0 Å². The lowest BCUT2D eigenvalue weighted by Crippen LogP contribution is -2.28. The van der Waals surface area contributed by atoms with Crippen molar-refractivity contribution in [2.45, 2.75) is 24.3 Å². The Morgan fingerprint density at radius 3 is 2.33 bits per heavy atom. The van der Waals surface area contributed by atoms with E-state index in [1.807, 2.05) is 6.92 Å². The molecular weight excluding hydrogens is 375 g/mol. The Morgan fingerprint density at radius 2 is 1.79 bits per heavy atom. The number of nitro benzene ring substituents is 1. The highest BCUT2D eigenvalue weighted by molar-refractivity contribution is 7.89. The highest BCUT2D eigenvalue weighted by atomic mass is 35.5. The average Bonchev–Trinajstić information content (AvgIpc) is 2.53. The molecule has 0 saturated heterocycles. The lowest BCUT2D eigenvalue weighted by Gasteiger charge is -2.17. The summed E-state index contributed by atoms with van der Waals surface area (Å²) >= 11 is 11.6. The molecule has 0 saturated carbocycles. The van der Waals surface area contributed by atoms with Crippen molar-refractivity contribution >= 4 is 38.9 Å². The van der Waals surface area contributed by atoms with Crippen molar-refractivity contribution in [1.82, 2.24) is 4.72 Å². The van der Waals surface area contributed by atoms with Gasteiger partial charge in [0, 0.05) is 17.1 Å². The molecule has 24 heavy (non-hydrogen) atoms. The van der Waals surface area contributed by atoms with Crippen LogP contribution >= 0.6 is 23.2 Å². The lowest BCUT2D eigenvalue weighted by molar-refractivity contribution is -0.384. The maximum absolute atomic E-state index is 12.5. The second-order valence-corrected chi connectivity index (χ2v) is 7.56. The SMILES string of the molecule is CC[C@H](NS(=O)(=O)c1ccc(Cl)c([N+](=O)[O-])c1)c1ccc(Cl)cc1. The molecule has 0 aliphatic heterocycles. The zero-order valence-corrected chi connectivity index (χ0v) is 14.9. The molecule has 0 heterocycles. The van der Waals surface area contributed by atoms with Gasteiger partial charge in [-0.25, -0.2) is 13.1 Å². The molecule has 6 nitrogen and oxygen atoms in total. The number of hydrogen-bond donors (Lipinski definition) is 1. The van der Waals surface area contributed by atoms with Gasteiger partial charge in [0.15, 0.2) is 0 Å². The summed E-state index contributed by atoms with van der Waals surface area (Å²) in [4.78, 5) is 9.99. The van der Waals surface area contributed by atoms with E-state index in [9.17, 15) is 18.5 Å². The predicted octanol–water partition coefficient (Wildman–Crippen LogP) is 4.33. The van der Waals surface area contributed by atoms with E-state index >= 15 is 0 Å². The van der Waals surface area contributed by atoms with Crippen molar-refractivity contribution in [1.29, 1.82) is 0 Å². The molecule has 1 N–H and O–H groups in total. The average molecular weight is 389 g/mol. The monoisotopic (exact) mass is 388 g/mol. The van der Waals surface area contributed by atoms with Crippen LogP contribution in [0.4, 0.5) is 5.69 Å². The molecular formula is C15H14Cl2N2O4S. The Bertz CT molecular complexity index is 854. The minimum atomic E-state index is -3.95. The Labute approximate surface area is 149 Å². The molecule has 0 aliphatic rings. The van der Waals surface area contributed by atoms with Crippen molar-refractivity contribution in [3.63, 3.8) is 0 Å². The third-order valence-corrected chi connectivity index (χ3v) is 5.44. The van der Waals surface area contributed by atoms with Gasteiger partial charge in [-0.05, 0) is 36.2 Å². The summed E-state index contributed by atoms with van der Waals surface area (Å²) < 4.78 is 27.6. The Hall–Kier alpha value is -1.67. The van der Waals surface area contributed by atoms with Gasteiger partial charge in [0.05, 0.1) is 9.82 Å². The Kier molecular flexibility index (Phi) is 5.82. The normalized spacial score (nSPS) is 12.8. The van der Waals surface area contributed by atoms with E-state index in [-0.39, 0.29) is 9.92 Å². The van der Waals surface area contributed by atoms with E-state index in [4.69, 9.17) is 23.2 Å². The first kappa shape index (κ1) is 18.7. The molecule has 0 bridgehead atoms. The fourth-order valence-electron chi connectivity index (χ4n) is 2.14. The van der Waals surface area contributed by atoms with E-state index in [2.05, 4.69) is 4.72 Å². The van der Waals surface area contributed by atoms with Crippen LogP contribution in [-0.2, 0) is 10.0 Å². The van der Waals surface area contributed by atoms with Crippen molar-refractivity contribution in [3.05, 3.63) is 68.2 Å². The van der Waals surface area contributed by atoms with Gasteiger partial charge in [0.2, 0.25) is 10.0 Å². The number of benzene rings is 2. The molecule has 0 amide bonds. The van der Waals surface area contributed by atoms with Crippen molar-refractivity contribution in [2.75, 3.05) is 0 Å². The molecule has 2 aromatic rings. The van der Waals surface area contributed by atoms with Gasteiger partial charge >= 0.3 is 0 Å². The fourth-order valence-corrected chi connectivity index (χ4v) is 3.78. The number of nitrogens with zero attached hydrogens (tertiary/aromatic N) is 1. The number of nitrogens with one attached hydrogen (secondary N) is 1. The molecule has 0 fully saturated rings. The van der Waals surface area contributed by atoms with Crippen molar-refractivity contribution in [2.24, 2.45) is 0 Å². The summed E-state index contributed by atoms with van der Waals surface area (Å²) in [7, 11) is -3.95. The number of sulfonamides is 1. The van der Waals surface area contributed by atoms with Crippen LogP contribution in [0, 0.1) is 10.1 Å². The summed E-state index contributed by atoms with van der Waals surface area (Å²) in [5, 5.41) is 11.4. The Morgan fingerprint density at radius 1 is 1.17 bits per heavy atom. The molecule has 2 aromatic carbocycles. The highest BCUT2D eigenvalue weighted by Crippen LogP contribution is 2.28. The highest BCUT2D eigenvalue weighted by Gasteiger charge is 2.23. The van der Waals surface area contributed by atoms with Crippen LogP contribution in [0.3, 0.4) is 0 Å². The second kappa shape index (κ2) is 7.48. The minimum Gasteiger partial charge on any atom is -0.258 e. The summed E-state index contributed by atoms with van der Waals surface area (Å²) in [6, 6.07) is 9.67. The number of halogens is 2. The quantitative estimate of drug-likeness (QED) is 0.588. The molecule has 0 aromatic heterocycles. The maximum atomic E-state index is 12.5. The van der Waals surface area contributed by atoms with Crippen LogP contribution < -0.4 is 4.72 Å². The number of nitro groups is 1. The molecule has 0 aliphatic carbocycles. The largest absolute Gasteiger partial charge is 0.289 e. The number of rotatable bonds is 6. The molecule has 0 radical (unpaired) electrons. The van der Waals surface area contributed by atoms with Crippen LogP contribution in [0.5, 0.6) is 0 Å². The zero-order valence-electron chi connectivity index (χ0n) is 12.6. The van der Waals surface area contributed by atoms with Gasteiger partial charge in [0.25, 0.3) is 5.69 Å². The molecule has 0 spiro atoms. The summed E-state index contributed by atoms with van der Waals surface area (Å²) in [6.07, 6.45) is 0.497. The van der Waals surface area contributed by atoms with Gasteiger partial charge in [-0.15, -0.1) is 0 Å². The van der Waals surface area contributed by atoms with E-state index in [1.165, 1.54) is 12.1 Å². The number of hydrogen-bond acceptors (Lipinski definition) is 4. The smallest absolute Gasteiger partial charge is 0.258 e. The van der Waals surface area contributed by atoms with Gasteiger partial charge in [-0.3, -0.25) is 10.1 Å². The van der Waals surface area contributed by atoms with Crippen LogP contribution in [0.15, 0.2) is 47.4 Å². The zero-order chi connectivity index (χ0) is 17.9. The fraction of sp³-hybridized carbons (Fsp3) is 0.200.